The molecule has 23 heavy (non-hydrogen) atoms. The van der Waals surface area contributed by atoms with E-state index in [1.54, 1.807) is 0 Å². The van der Waals surface area contributed by atoms with Crippen molar-refractivity contribution in [3.63, 3.8) is 0 Å². The smallest absolute Gasteiger partial charge is 0.0897 e. The molecule has 2 bridgehead atoms. The van der Waals surface area contributed by atoms with Gasteiger partial charge in [0.25, 0.3) is 0 Å². The zero-order valence-electron chi connectivity index (χ0n) is 14.3. The number of hydrogen-bond acceptors (Lipinski definition) is 3. The van der Waals surface area contributed by atoms with E-state index in [9.17, 15) is 5.11 Å². The molecular weight excluding hydrogens is 286 g/mol. The average Bonchev–Trinajstić information content (AvgIpc) is 2.56. The average molecular weight is 315 g/mol. The van der Waals surface area contributed by atoms with Crippen LogP contribution in [0.3, 0.4) is 0 Å². The first-order valence-electron chi connectivity index (χ1n) is 8.76. The van der Waals surface area contributed by atoms with Crippen molar-refractivity contribution in [1.82, 2.24) is 5.32 Å². The summed E-state index contributed by atoms with van der Waals surface area (Å²) in [5, 5.41) is 13.3. The minimum absolute atomic E-state index is 0.399. The van der Waals surface area contributed by atoms with E-state index in [1.165, 1.54) is 24.0 Å². The number of benzene rings is 1. The lowest BCUT2D eigenvalue weighted by Gasteiger charge is -2.56. The summed E-state index contributed by atoms with van der Waals surface area (Å²) in [5.74, 6) is 1.55. The molecule has 3 atom stereocenters. The van der Waals surface area contributed by atoms with E-state index < -0.39 is 6.10 Å². The Labute approximate surface area is 139 Å². The van der Waals surface area contributed by atoms with Crippen molar-refractivity contribution >= 4 is 0 Å². The number of rotatable bonds is 8. The van der Waals surface area contributed by atoms with Crippen LogP contribution >= 0.6 is 0 Å². The molecule has 0 aliphatic heterocycles. The van der Waals surface area contributed by atoms with Crippen LogP contribution in [0, 0.1) is 17.3 Å². The molecule has 3 aliphatic carbocycles. The fraction of sp³-hybridized carbons (Fsp3) is 0.600. The number of hydrogen-bond donors (Lipinski definition) is 2. The SMILES string of the molecule is CC1(C)[C@H]2CC=C(COC[C@H](O)CNCc3ccccc3)[C@@H]1C2. The number of nitrogens with one attached hydrogen (secondary N) is 1. The molecule has 1 aromatic rings. The van der Waals surface area contributed by atoms with Gasteiger partial charge in [-0.25, -0.2) is 0 Å². The van der Waals surface area contributed by atoms with Gasteiger partial charge in [0.05, 0.1) is 19.3 Å². The molecule has 0 heterocycles. The van der Waals surface area contributed by atoms with Gasteiger partial charge in [0.2, 0.25) is 0 Å². The molecule has 0 saturated heterocycles. The molecule has 3 heteroatoms. The second-order valence-electron chi connectivity index (χ2n) is 7.61. The molecule has 0 aromatic heterocycles. The number of allylic oxidation sites excluding steroid dienone is 1. The van der Waals surface area contributed by atoms with Crippen molar-refractivity contribution in [1.29, 1.82) is 0 Å². The van der Waals surface area contributed by atoms with Gasteiger partial charge < -0.3 is 15.2 Å². The number of aliphatic hydroxyl groups is 1. The highest BCUT2D eigenvalue weighted by atomic mass is 16.5. The van der Waals surface area contributed by atoms with Crippen LogP contribution in [0.5, 0.6) is 0 Å². The van der Waals surface area contributed by atoms with Crippen LogP contribution in [-0.2, 0) is 11.3 Å². The van der Waals surface area contributed by atoms with Gasteiger partial charge in [-0.1, -0.05) is 50.3 Å². The Balaban J connectivity index is 1.32. The largest absolute Gasteiger partial charge is 0.389 e. The van der Waals surface area contributed by atoms with Crippen molar-refractivity contribution in [2.24, 2.45) is 17.3 Å². The fourth-order valence-corrected chi connectivity index (χ4v) is 3.99. The third-order valence-electron chi connectivity index (χ3n) is 5.71. The first kappa shape index (κ1) is 16.7. The van der Waals surface area contributed by atoms with E-state index in [0.29, 0.717) is 31.1 Å². The van der Waals surface area contributed by atoms with Gasteiger partial charge in [-0.2, -0.15) is 0 Å². The summed E-state index contributed by atoms with van der Waals surface area (Å²) in [7, 11) is 0. The van der Waals surface area contributed by atoms with Gasteiger partial charge in [-0.3, -0.25) is 0 Å². The Morgan fingerprint density at radius 2 is 2.09 bits per heavy atom. The van der Waals surface area contributed by atoms with Crippen molar-refractivity contribution in [3.8, 4) is 0 Å². The van der Waals surface area contributed by atoms with Crippen LogP contribution in [0.4, 0.5) is 0 Å². The molecule has 1 saturated carbocycles. The van der Waals surface area contributed by atoms with Gasteiger partial charge in [0.15, 0.2) is 0 Å². The fourth-order valence-electron chi connectivity index (χ4n) is 3.99. The Bertz CT molecular complexity index is 538. The van der Waals surface area contributed by atoms with Gasteiger partial charge in [0, 0.05) is 13.1 Å². The summed E-state index contributed by atoms with van der Waals surface area (Å²) in [6.07, 6.45) is 4.43. The Morgan fingerprint density at radius 3 is 2.78 bits per heavy atom. The topological polar surface area (TPSA) is 41.5 Å². The number of aliphatic hydroxyl groups excluding tert-OH is 1. The Morgan fingerprint density at radius 1 is 1.30 bits per heavy atom. The highest BCUT2D eigenvalue weighted by Crippen LogP contribution is 2.59. The molecule has 3 nitrogen and oxygen atoms in total. The molecule has 0 unspecified atom stereocenters. The van der Waals surface area contributed by atoms with E-state index >= 15 is 0 Å². The minimum atomic E-state index is -0.454. The molecule has 0 spiro atoms. The first-order chi connectivity index (χ1) is 11.1. The van der Waals surface area contributed by atoms with Gasteiger partial charge in [-0.05, 0) is 41.2 Å². The Hall–Kier alpha value is -1.16. The van der Waals surface area contributed by atoms with Crippen LogP contribution in [0.15, 0.2) is 42.0 Å². The maximum Gasteiger partial charge on any atom is 0.0897 e. The van der Waals surface area contributed by atoms with Gasteiger partial charge >= 0.3 is 0 Å². The minimum Gasteiger partial charge on any atom is -0.389 e. The van der Waals surface area contributed by atoms with Crippen LogP contribution in [0.25, 0.3) is 0 Å². The van der Waals surface area contributed by atoms with Crippen LogP contribution in [-0.4, -0.2) is 31.0 Å². The lowest BCUT2D eigenvalue weighted by Crippen LogP contribution is -2.48. The lowest BCUT2D eigenvalue weighted by molar-refractivity contribution is -0.0235. The third-order valence-corrected chi connectivity index (χ3v) is 5.71. The number of fused-ring (bicyclic) bond motifs is 1. The third kappa shape index (κ3) is 3.85. The maximum atomic E-state index is 10.0. The Kier molecular flexibility index (Phi) is 5.20. The molecule has 3 aliphatic rings. The summed E-state index contributed by atoms with van der Waals surface area (Å²) in [6, 6.07) is 10.2. The molecule has 1 aromatic carbocycles. The first-order valence-corrected chi connectivity index (χ1v) is 8.76. The normalized spacial score (nSPS) is 26.3. The second-order valence-corrected chi connectivity index (χ2v) is 7.61. The molecular formula is C20H29NO2. The van der Waals surface area contributed by atoms with Crippen LogP contribution in [0.2, 0.25) is 0 Å². The van der Waals surface area contributed by atoms with E-state index in [1.807, 2.05) is 18.2 Å². The summed E-state index contributed by atoms with van der Waals surface area (Å²) in [6.45, 7) is 7.17. The molecule has 4 rings (SSSR count). The quantitative estimate of drug-likeness (QED) is 0.724. The summed E-state index contributed by atoms with van der Waals surface area (Å²) >= 11 is 0. The molecule has 0 amide bonds. The highest BCUT2D eigenvalue weighted by Gasteiger charge is 2.50. The zero-order valence-corrected chi connectivity index (χ0v) is 14.3. The molecule has 0 radical (unpaired) electrons. The summed E-state index contributed by atoms with van der Waals surface area (Å²) in [5.41, 5.74) is 3.13. The van der Waals surface area contributed by atoms with E-state index in [2.05, 4.69) is 37.4 Å². The van der Waals surface area contributed by atoms with Crippen LogP contribution in [0.1, 0.15) is 32.3 Å². The molecule has 1 fully saturated rings. The molecule has 126 valence electrons. The summed E-state index contributed by atoms with van der Waals surface area (Å²) in [4.78, 5) is 0. The van der Waals surface area contributed by atoms with Crippen molar-refractivity contribution in [2.75, 3.05) is 19.8 Å². The van der Waals surface area contributed by atoms with E-state index in [0.717, 1.165) is 12.5 Å². The van der Waals surface area contributed by atoms with Gasteiger partial charge in [0.1, 0.15) is 0 Å². The predicted molar refractivity (Wildman–Crippen MR) is 93.1 cm³/mol. The monoisotopic (exact) mass is 315 g/mol. The van der Waals surface area contributed by atoms with Crippen molar-refractivity contribution in [2.45, 2.75) is 39.3 Å². The van der Waals surface area contributed by atoms with Crippen molar-refractivity contribution < 1.29 is 9.84 Å². The predicted octanol–water partition coefficient (Wildman–Crippen LogP) is 3.15. The van der Waals surface area contributed by atoms with Gasteiger partial charge in [-0.15, -0.1) is 0 Å². The molecule has 2 N–H and O–H groups in total. The standard InChI is InChI=1S/C20H29NO2/c1-20(2)17-9-8-16(19(20)10-17)13-23-14-18(22)12-21-11-15-6-4-3-5-7-15/h3-8,17-19,21-22H,9-14H2,1-2H3/t17-,18+,19-/m0/s1. The maximum absolute atomic E-state index is 10.0. The van der Waals surface area contributed by atoms with E-state index in [4.69, 9.17) is 4.74 Å². The zero-order chi connectivity index (χ0) is 16.3. The number of ether oxygens (including phenoxy) is 1. The van der Waals surface area contributed by atoms with Crippen molar-refractivity contribution in [3.05, 3.63) is 47.5 Å². The summed E-state index contributed by atoms with van der Waals surface area (Å²) < 4.78 is 5.77. The van der Waals surface area contributed by atoms with E-state index in [-0.39, 0.29) is 0 Å². The second kappa shape index (κ2) is 7.16. The lowest BCUT2D eigenvalue weighted by atomic mass is 9.49. The highest BCUT2D eigenvalue weighted by molar-refractivity contribution is 5.23. The van der Waals surface area contributed by atoms with Crippen LogP contribution < -0.4 is 5.32 Å².